The van der Waals surface area contributed by atoms with Crippen molar-refractivity contribution in [2.24, 2.45) is 0 Å². The van der Waals surface area contributed by atoms with Crippen LogP contribution in [0.1, 0.15) is 27.0 Å². The number of methoxy groups -OCH3 is 1. The summed E-state index contributed by atoms with van der Waals surface area (Å²) < 4.78 is 31.1. The van der Waals surface area contributed by atoms with E-state index in [1.54, 1.807) is 31.4 Å². The predicted molar refractivity (Wildman–Crippen MR) is 118 cm³/mol. The van der Waals surface area contributed by atoms with Crippen molar-refractivity contribution in [1.29, 1.82) is 0 Å². The number of rotatable bonds is 5. The van der Waals surface area contributed by atoms with E-state index >= 15 is 0 Å². The summed E-state index contributed by atoms with van der Waals surface area (Å²) in [5.74, 6) is 1.52. The van der Waals surface area contributed by atoms with Crippen LogP contribution in [0.2, 0.25) is 0 Å². The smallest absolute Gasteiger partial charge is 0.231 e. The van der Waals surface area contributed by atoms with Gasteiger partial charge in [-0.05, 0) is 48.4 Å². The van der Waals surface area contributed by atoms with Gasteiger partial charge in [-0.15, -0.1) is 0 Å². The zero-order valence-corrected chi connectivity index (χ0v) is 17.6. The Morgan fingerprint density at radius 2 is 1.91 bits per heavy atom. The summed E-state index contributed by atoms with van der Waals surface area (Å²) in [7, 11) is 1.65. The molecule has 0 unspecified atom stereocenters. The lowest BCUT2D eigenvalue weighted by atomic mass is 10.0. The van der Waals surface area contributed by atoms with Gasteiger partial charge in [-0.25, -0.2) is 4.39 Å². The second-order valence-corrected chi connectivity index (χ2v) is 7.80. The number of ether oxygens (including phenoxy) is 3. The van der Waals surface area contributed by atoms with Crippen molar-refractivity contribution in [2.75, 3.05) is 20.4 Å². The number of Topliss-reactive ketones (excluding diaryl/α,β-unsaturated/α-hetero) is 1. The Balaban J connectivity index is 1.34. The van der Waals surface area contributed by atoms with Crippen LogP contribution in [-0.4, -0.2) is 31.1 Å². The molecule has 0 amide bonds. The molecule has 0 saturated carbocycles. The molecule has 6 heteroatoms. The fourth-order valence-corrected chi connectivity index (χ4v) is 3.96. The molecule has 32 heavy (non-hydrogen) atoms. The zero-order chi connectivity index (χ0) is 22.1. The van der Waals surface area contributed by atoms with E-state index in [0.717, 1.165) is 24.3 Å². The molecule has 0 spiro atoms. The van der Waals surface area contributed by atoms with Crippen LogP contribution in [0.3, 0.4) is 0 Å². The van der Waals surface area contributed by atoms with E-state index in [2.05, 4.69) is 17.0 Å². The molecule has 0 radical (unpaired) electrons. The Bertz CT molecular complexity index is 1200. The first kappa shape index (κ1) is 20.3. The molecule has 5 rings (SSSR count). The molecule has 162 valence electrons. The molecule has 2 aliphatic rings. The minimum absolute atomic E-state index is 0.119. The molecule has 2 heterocycles. The zero-order valence-electron chi connectivity index (χ0n) is 17.6. The molecule has 3 aromatic carbocycles. The van der Waals surface area contributed by atoms with E-state index in [9.17, 15) is 9.18 Å². The normalized spacial score (nSPS) is 16.3. The summed E-state index contributed by atoms with van der Waals surface area (Å²) in [4.78, 5) is 15.0. The lowest BCUT2D eigenvalue weighted by Gasteiger charge is -2.29. The number of allylic oxidation sites excluding steroid dienone is 1. The number of benzene rings is 3. The van der Waals surface area contributed by atoms with Crippen LogP contribution in [0.15, 0.2) is 66.4 Å². The van der Waals surface area contributed by atoms with Gasteiger partial charge in [0.2, 0.25) is 5.78 Å². The summed E-state index contributed by atoms with van der Waals surface area (Å²) in [6.45, 7) is 1.87. The van der Waals surface area contributed by atoms with E-state index in [4.69, 9.17) is 14.2 Å². The van der Waals surface area contributed by atoms with Crippen molar-refractivity contribution >= 4 is 11.9 Å². The van der Waals surface area contributed by atoms with Gasteiger partial charge in [-0.2, -0.15) is 0 Å². The molecule has 0 bridgehead atoms. The van der Waals surface area contributed by atoms with Crippen LogP contribution >= 0.6 is 0 Å². The molecule has 5 nitrogen and oxygen atoms in total. The minimum Gasteiger partial charge on any atom is -0.497 e. The lowest BCUT2D eigenvalue weighted by Crippen LogP contribution is -2.33. The van der Waals surface area contributed by atoms with Crippen molar-refractivity contribution in [3.8, 4) is 17.2 Å². The lowest BCUT2D eigenvalue weighted by molar-refractivity contribution is 0.0949. The van der Waals surface area contributed by atoms with Gasteiger partial charge in [0.05, 0.1) is 18.2 Å². The third kappa shape index (κ3) is 3.85. The first-order valence-corrected chi connectivity index (χ1v) is 10.4. The van der Waals surface area contributed by atoms with Crippen LogP contribution in [-0.2, 0) is 13.0 Å². The van der Waals surface area contributed by atoms with E-state index in [1.807, 2.05) is 18.2 Å². The van der Waals surface area contributed by atoms with Crippen LogP contribution in [0, 0.1) is 5.82 Å². The highest BCUT2D eigenvalue weighted by Crippen LogP contribution is 2.42. The van der Waals surface area contributed by atoms with Gasteiger partial charge >= 0.3 is 0 Å². The first-order chi connectivity index (χ1) is 15.6. The van der Waals surface area contributed by atoms with Gasteiger partial charge in [0.25, 0.3) is 0 Å². The highest BCUT2D eigenvalue weighted by molar-refractivity contribution is 6.15. The number of carbonyl (C=O) groups is 1. The number of halogens is 1. The van der Waals surface area contributed by atoms with E-state index in [0.29, 0.717) is 35.9 Å². The Morgan fingerprint density at radius 1 is 1.09 bits per heavy atom. The highest BCUT2D eigenvalue weighted by atomic mass is 19.1. The molecule has 0 aliphatic carbocycles. The summed E-state index contributed by atoms with van der Waals surface area (Å²) in [6, 6.07) is 17.8. The summed E-state index contributed by atoms with van der Waals surface area (Å²) in [5, 5.41) is 0. The molecule has 2 aliphatic heterocycles. The first-order valence-electron chi connectivity index (χ1n) is 10.4. The van der Waals surface area contributed by atoms with Crippen molar-refractivity contribution in [3.63, 3.8) is 0 Å². The van der Waals surface area contributed by atoms with Crippen LogP contribution in [0.25, 0.3) is 6.08 Å². The van der Waals surface area contributed by atoms with Gasteiger partial charge in [-0.1, -0.05) is 30.3 Å². The van der Waals surface area contributed by atoms with E-state index in [-0.39, 0.29) is 11.5 Å². The summed E-state index contributed by atoms with van der Waals surface area (Å²) in [5.41, 5.74) is 2.84. The van der Waals surface area contributed by atoms with Crippen molar-refractivity contribution in [1.82, 2.24) is 4.90 Å². The quantitative estimate of drug-likeness (QED) is 0.541. The standard InChI is InChI=1S/C26H22FNO4/c1-30-19-8-6-17(7-9-19)12-13-28-15-21-23(31-16-28)11-10-20-25(29)24(32-26(20)21)14-18-4-2-3-5-22(18)27/h2-11,14H,12-13,15-16H2,1H3/b24-14-. The molecule has 0 saturated heterocycles. The third-order valence-corrected chi connectivity index (χ3v) is 5.75. The monoisotopic (exact) mass is 431 g/mol. The van der Waals surface area contributed by atoms with Crippen LogP contribution < -0.4 is 14.2 Å². The van der Waals surface area contributed by atoms with E-state index in [1.165, 1.54) is 17.7 Å². The fourth-order valence-electron chi connectivity index (χ4n) is 3.96. The second kappa shape index (κ2) is 8.48. The second-order valence-electron chi connectivity index (χ2n) is 7.80. The number of hydrogen-bond donors (Lipinski definition) is 0. The number of carbonyl (C=O) groups excluding carboxylic acids is 1. The molecule has 0 fully saturated rings. The van der Waals surface area contributed by atoms with Crippen molar-refractivity contribution < 1.29 is 23.4 Å². The molecular weight excluding hydrogens is 409 g/mol. The number of nitrogens with zero attached hydrogens (tertiary/aromatic N) is 1. The largest absolute Gasteiger partial charge is 0.497 e. The number of hydrogen-bond acceptors (Lipinski definition) is 5. The Kier molecular flexibility index (Phi) is 5.37. The minimum atomic E-state index is -0.401. The van der Waals surface area contributed by atoms with Gasteiger partial charge in [-0.3, -0.25) is 9.69 Å². The van der Waals surface area contributed by atoms with E-state index < -0.39 is 5.82 Å². The average Bonchev–Trinajstić information content (AvgIpc) is 3.15. The maximum atomic E-state index is 14.0. The molecule has 0 N–H and O–H groups in total. The van der Waals surface area contributed by atoms with Crippen LogP contribution in [0.4, 0.5) is 4.39 Å². The number of fused-ring (bicyclic) bond motifs is 3. The summed E-state index contributed by atoms with van der Waals surface area (Å²) in [6.07, 6.45) is 2.31. The Morgan fingerprint density at radius 3 is 2.69 bits per heavy atom. The van der Waals surface area contributed by atoms with Gasteiger partial charge in [0, 0.05) is 18.7 Å². The molecular formula is C26H22FNO4. The Hall–Kier alpha value is -3.64. The average molecular weight is 431 g/mol. The third-order valence-electron chi connectivity index (χ3n) is 5.75. The maximum absolute atomic E-state index is 14.0. The van der Waals surface area contributed by atoms with Crippen molar-refractivity contribution in [2.45, 2.75) is 13.0 Å². The van der Waals surface area contributed by atoms with Gasteiger partial charge in [0.1, 0.15) is 29.8 Å². The fraction of sp³-hybridized carbons (Fsp3) is 0.192. The van der Waals surface area contributed by atoms with Crippen LogP contribution in [0.5, 0.6) is 17.2 Å². The van der Waals surface area contributed by atoms with Crippen molar-refractivity contribution in [3.05, 3.63) is 94.5 Å². The molecule has 0 atom stereocenters. The summed E-state index contributed by atoms with van der Waals surface area (Å²) >= 11 is 0. The number of ketones is 1. The Labute approximate surface area is 185 Å². The SMILES string of the molecule is COc1ccc(CCN2COc3ccc4c(c3C2)O/C(=C\c2ccccc2F)C4=O)cc1. The molecule has 3 aromatic rings. The molecule has 0 aromatic heterocycles. The predicted octanol–water partition coefficient (Wildman–Crippen LogP) is 4.85. The van der Waals surface area contributed by atoms with Gasteiger partial charge < -0.3 is 14.2 Å². The maximum Gasteiger partial charge on any atom is 0.231 e. The highest BCUT2D eigenvalue weighted by Gasteiger charge is 2.33. The topological polar surface area (TPSA) is 48.0 Å². The van der Waals surface area contributed by atoms with Gasteiger partial charge in [0.15, 0.2) is 5.76 Å².